The molecule has 1 N–H and O–H groups in total. The van der Waals surface area contributed by atoms with Crippen LogP contribution in [0.4, 0.5) is 0 Å². The number of hydrogen-bond acceptors (Lipinski definition) is 2. The molecule has 1 heterocycles. The topological polar surface area (TPSA) is 23.5 Å². The van der Waals surface area contributed by atoms with Crippen molar-refractivity contribution in [2.75, 3.05) is 6.54 Å². The van der Waals surface area contributed by atoms with E-state index in [-0.39, 0.29) is 0 Å². The van der Waals surface area contributed by atoms with Gasteiger partial charge in [-0.05, 0) is 45.4 Å². The predicted molar refractivity (Wildman–Crippen MR) is 69.6 cm³/mol. The molecule has 0 aromatic carbocycles. The molecule has 0 aromatic heterocycles. The summed E-state index contributed by atoms with van der Waals surface area (Å²) in [6.45, 7) is 14.5. The van der Waals surface area contributed by atoms with Gasteiger partial charge < -0.3 is 5.11 Å². The molecule has 2 nitrogen and oxygen atoms in total. The molecule has 1 aliphatic heterocycles. The minimum atomic E-state index is -0.465. The summed E-state index contributed by atoms with van der Waals surface area (Å²) in [5.41, 5.74) is -0.169. The molecule has 2 atom stereocenters. The lowest BCUT2D eigenvalue weighted by Crippen LogP contribution is -2.47. The molecule has 1 rings (SSSR count). The van der Waals surface area contributed by atoms with Gasteiger partial charge in [0.25, 0.3) is 0 Å². The summed E-state index contributed by atoms with van der Waals surface area (Å²) in [6.07, 6.45) is 2.94. The molecular weight excluding hydrogens is 198 g/mol. The number of hydrogen-bond donors (Lipinski definition) is 1. The molecule has 0 amide bonds. The number of rotatable bonds is 1. The van der Waals surface area contributed by atoms with Gasteiger partial charge >= 0.3 is 0 Å². The van der Waals surface area contributed by atoms with Gasteiger partial charge in [0.05, 0.1) is 5.60 Å². The second-order valence-corrected chi connectivity index (χ2v) is 7.00. The Kier molecular flexibility index (Phi) is 4.07. The van der Waals surface area contributed by atoms with E-state index in [2.05, 4.69) is 39.5 Å². The van der Waals surface area contributed by atoms with Crippen LogP contribution in [-0.4, -0.2) is 34.2 Å². The third-order valence-corrected chi connectivity index (χ3v) is 3.93. The standard InChI is InChI=1S/C14H29NO/c1-11(2)15-10-9-14(6,16)8-7-12(15)13(3,4)5/h11-12,16H,7-10H2,1-6H3. The zero-order valence-corrected chi connectivity index (χ0v) is 11.9. The Hall–Kier alpha value is -0.0800. The van der Waals surface area contributed by atoms with Gasteiger partial charge in [0.1, 0.15) is 0 Å². The molecule has 2 heteroatoms. The summed E-state index contributed by atoms with van der Waals surface area (Å²) in [6, 6.07) is 1.15. The Morgan fingerprint density at radius 1 is 1.25 bits per heavy atom. The first-order valence-corrected chi connectivity index (χ1v) is 6.61. The maximum atomic E-state index is 10.2. The van der Waals surface area contributed by atoms with E-state index in [1.807, 2.05) is 6.92 Å². The highest BCUT2D eigenvalue weighted by molar-refractivity contribution is 4.91. The van der Waals surface area contributed by atoms with E-state index in [0.29, 0.717) is 17.5 Å². The molecule has 0 radical (unpaired) electrons. The Morgan fingerprint density at radius 2 is 1.81 bits per heavy atom. The molecular formula is C14H29NO. The van der Waals surface area contributed by atoms with Crippen molar-refractivity contribution >= 4 is 0 Å². The van der Waals surface area contributed by atoms with Crippen LogP contribution in [-0.2, 0) is 0 Å². The quantitative estimate of drug-likeness (QED) is 0.744. The Bertz CT molecular complexity index is 227. The van der Waals surface area contributed by atoms with Crippen LogP contribution in [0.15, 0.2) is 0 Å². The lowest BCUT2D eigenvalue weighted by molar-refractivity contribution is 0.0433. The van der Waals surface area contributed by atoms with Crippen LogP contribution < -0.4 is 0 Å². The molecule has 0 bridgehead atoms. The molecule has 96 valence electrons. The predicted octanol–water partition coefficient (Wildman–Crippen LogP) is 3.05. The van der Waals surface area contributed by atoms with Crippen molar-refractivity contribution in [3.8, 4) is 0 Å². The summed E-state index contributed by atoms with van der Waals surface area (Å²) >= 11 is 0. The van der Waals surface area contributed by atoms with E-state index >= 15 is 0 Å². The highest BCUT2D eigenvalue weighted by Gasteiger charge is 2.37. The molecule has 1 saturated heterocycles. The summed E-state index contributed by atoms with van der Waals surface area (Å²) in [4.78, 5) is 2.57. The number of likely N-dealkylation sites (tertiary alicyclic amines) is 1. The van der Waals surface area contributed by atoms with Crippen LogP contribution in [0.5, 0.6) is 0 Å². The lowest BCUT2D eigenvalue weighted by Gasteiger charge is -2.41. The summed E-state index contributed by atoms with van der Waals surface area (Å²) in [7, 11) is 0. The summed E-state index contributed by atoms with van der Waals surface area (Å²) in [5, 5.41) is 10.2. The van der Waals surface area contributed by atoms with Gasteiger partial charge in [-0.3, -0.25) is 4.90 Å². The second-order valence-electron chi connectivity index (χ2n) is 7.00. The van der Waals surface area contributed by atoms with Gasteiger partial charge in [-0.25, -0.2) is 0 Å². The number of nitrogens with zero attached hydrogens (tertiary/aromatic N) is 1. The van der Waals surface area contributed by atoms with Gasteiger partial charge in [-0.1, -0.05) is 20.8 Å². The first-order chi connectivity index (χ1) is 7.13. The summed E-state index contributed by atoms with van der Waals surface area (Å²) < 4.78 is 0. The van der Waals surface area contributed by atoms with Crippen molar-refractivity contribution in [2.24, 2.45) is 5.41 Å². The van der Waals surface area contributed by atoms with Crippen molar-refractivity contribution < 1.29 is 5.11 Å². The van der Waals surface area contributed by atoms with E-state index in [1.54, 1.807) is 0 Å². The molecule has 2 unspecified atom stereocenters. The van der Waals surface area contributed by atoms with Crippen LogP contribution in [0.25, 0.3) is 0 Å². The highest BCUT2D eigenvalue weighted by atomic mass is 16.3. The van der Waals surface area contributed by atoms with Crippen LogP contribution in [0.2, 0.25) is 0 Å². The molecule has 0 spiro atoms. The zero-order chi connectivity index (χ0) is 12.6. The normalized spacial score (nSPS) is 34.1. The fraction of sp³-hybridized carbons (Fsp3) is 1.00. The molecule has 1 aliphatic rings. The molecule has 0 aliphatic carbocycles. The fourth-order valence-corrected chi connectivity index (χ4v) is 2.81. The van der Waals surface area contributed by atoms with E-state index in [4.69, 9.17) is 0 Å². The minimum Gasteiger partial charge on any atom is -0.390 e. The second kappa shape index (κ2) is 4.66. The van der Waals surface area contributed by atoms with Crippen LogP contribution in [0.1, 0.15) is 60.8 Å². The smallest absolute Gasteiger partial charge is 0.0632 e. The van der Waals surface area contributed by atoms with Crippen LogP contribution in [0, 0.1) is 5.41 Å². The van der Waals surface area contributed by atoms with Gasteiger partial charge in [0.15, 0.2) is 0 Å². The molecule has 16 heavy (non-hydrogen) atoms. The lowest BCUT2D eigenvalue weighted by atomic mass is 9.82. The van der Waals surface area contributed by atoms with Gasteiger partial charge in [0, 0.05) is 18.6 Å². The highest BCUT2D eigenvalue weighted by Crippen LogP contribution is 2.35. The molecule has 1 fully saturated rings. The van der Waals surface area contributed by atoms with Crippen LogP contribution in [0.3, 0.4) is 0 Å². The van der Waals surface area contributed by atoms with E-state index in [1.165, 1.54) is 0 Å². The van der Waals surface area contributed by atoms with Crippen molar-refractivity contribution in [1.82, 2.24) is 4.90 Å². The molecule has 0 aromatic rings. The van der Waals surface area contributed by atoms with Gasteiger partial charge in [-0.2, -0.15) is 0 Å². The average Bonchev–Trinajstić information content (AvgIpc) is 2.22. The fourth-order valence-electron chi connectivity index (χ4n) is 2.81. The maximum absolute atomic E-state index is 10.2. The van der Waals surface area contributed by atoms with E-state index < -0.39 is 5.60 Å². The van der Waals surface area contributed by atoms with Crippen molar-refractivity contribution in [2.45, 2.75) is 78.5 Å². The van der Waals surface area contributed by atoms with Crippen LogP contribution >= 0.6 is 0 Å². The molecule has 0 saturated carbocycles. The first kappa shape index (κ1) is 14.0. The van der Waals surface area contributed by atoms with Crippen molar-refractivity contribution in [3.05, 3.63) is 0 Å². The monoisotopic (exact) mass is 227 g/mol. The SMILES string of the molecule is CC(C)N1CCC(C)(O)CCC1C(C)(C)C. The maximum Gasteiger partial charge on any atom is 0.0632 e. The largest absolute Gasteiger partial charge is 0.390 e. The number of aliphatic hydroxyl groups is 1. The van der Waals surface area contributed by atoms with Crippen molar-refractivity contribution in [3.63, 3.8) is 0 Å². The third-order valence-electron chi connectivity index (χ3n) is 3.93. The Morgan fingerprint density at radius 3 is 2.25 bits per heavy atom. The van der Waals surface area contributed by atoms with E-state index in [0.717, 1.165) is 25.8 Å². The Balaban J connectivity index is 2.86. The average molecular weight is 227 g/mol. The van der Waals surface area contributed by atoms with Crippen molar-refractivity contribution in [1.29, 1.82) is 0 Å². The zero-order valence-electron chi connectivity index (χ0n) is 11.9. The van der Waals surface area contributed by atoms with Gasteiger partial charge in [0.2, 0.25) is 0 Å². The first-order valence-electron chi connectivity index (χ1n) is 6.61. The Labute approximate surface area is 101 Å². The minimum absolute atomic E-state index is 0.296. The summed E-state index contributed by atoms with van der Waals surface area (Å²) in [5.74, 6) is 0. The van der Waals surface area contributed by atoms with Gasteiger partial charge in [-0.15, -0.1) is 0 Å². The van der Waals surface area contributed by atoms with E-state index in [9.17, 15) is 5.11 Å². The third kappa shape index (κ3) is 3.46.